The Morgan fingerprint density at radius 2 is 1.97 bits per heavy atom. The summed E-state index contributed by atoms with van der Waals surface area (Å²) in [6, 6.07) is 16.5. The number of hydrogen-bond donors (Lipinski definition) is 2. The van der Waals surface area contributed by atoms with Crippen LogP contribution in [-0.2, 0) is 17.8 Å². The van der Waals surface area contributed by atoms with E-state index in [1.807, 2.05) is 29.2 Å². The molecule has 0 aliphatic carbocycles. The average Bonchev–Trinajstić information content (AvgIpc) is 2.76. The zero-order valence-corrected chi connectivity index (χ0v) is 16.6. The van der Waals surface area contributed by atoms with E-state index in [4.69, 9.17) is 10.5 Å². The van der Waals surface area contributed by atoms with E-state index >= 15 is 0 Å². The van der Waals surface area contributed by atoms with Crippen molar-refractivity contribution in [3.63, 3.8) is 0 Å². The summed E-state index contributed by atoms with van der Waals surface area (Å²) in [5, 5.41) is 3.29. The van der Waals surface area contributed by atoms with Crippen molar-refractivity contribution in [2.75, 3.05) is 19.7 Å². The highest BCUT2D eigenvalue weighted by Crippen LogP contribution is 2.31. The highest BCUT2D eigenvalue weighted by molar-refractivity contribution is 5.79. The number of fused-ring (bicyclic) bond motifs is 2. The van der Waals surface area contributed by atoms with E-state index in [2.05, 4.69) is 34.6 Å². The molecule has 1 atom stereocenters. The van der Waals surface area contributed by atoms with Crippen molar-refractivity contribution in [3.8, 4) is 5.75 Å². The Labute approximate surface area is 171 Å². The number of nitrogens with one attached hydrogen (secondary N) is 1. The first-order valence-corrected chi connectivity index (χ1v) is 10.3. The first-order valence-electron chi connectivity index (χ1n) is 10.3. The highest BCUT2D eigenvalue weighted by atomic mass is 16.5. The van der Waals surface area contributed by atoms with Gasteiger partial charge in [-0.2, -0.15) is 0 Å². The molecule has 2 aromatic rings. The Morgan fingerprint density at radius 1 is 1.17 bits per heavy atom. The Hall–Kier alpha value is -3.02. The maximum absolute atomic E-state index is 12.5. The van der Waals surface area contributed by atoms with Crippen LogP contribution in [0.2, 0.25) is 0 Å². The van der Waals surface area contributed by atoms with E-state index < -0.39 is 0 Å². The van der Waals surface area contributed by atoms with Gasteiger partial charge in [0.2, 0.25) is 5.91 Å². The molecule has 0 fully saturated rings. The molecule has 0 bridgehead atoms. The molecule has 3 N–H and O–H groups in total. The fourth-order valence-corrected chi connectivity index (χ4v) is 4.01. The fourth-order valence-electron chi connectivity index (χ4n) is 4.01. The molecule has 152 valence electrons. The monoisotopic (exact) mass is 392 g/mol. The van der Waals surface area contributed by atoms with Gasteiger partial charge in [0.1, 0.15) is 5.75 Å². The average molecular weight is 393 g/mol. The smallest absolute Gasteiger partial charge is 0.222 e. The van der Waals surface area contributed by atoms with Gasteiger partial charge in [0.15, 0.2) is 5.96 Å². The van der Waals surface area contributed by atoms with Crippen molar-refractivity contribution >= 4 is 11.9 Å². The van der Waals surface area contributed by atoms with Crippen LogP contribution in [0.4, 0.5) is 0 Å². The maximum atomic E-state index is 12.5. The number of carbonyl (C=O) groups excluding carboxylic acids is 1. The zero-order valence-electron chi connectivity index (χ0n) is 16.6. The summed E-state index contributed by atoms with van der Waals surface area (Å²) in [6.45, 7) is 2.71. The molecule has 2 aliphatic heterocycles. The van der Waals surface area contributed by atoms with E-state index in [0.29, 0.717) is 38.5 Å². The van der Waals surface area contributed by atoms with Crippen LogP contribution in [0.3, 0.4) is 0 Å². The van der Waals surface area contributed by atoms with E-state index in [-0.39, 0.29) is 11.9 Å². The van der Waals surface area contributed by atoms with Gasteiger partial charge in [-0.05, 0) is 30.0 Å². The van der Waals surface area contributed by atoms with Crippen LogP contribution in [0.25, 0.3) is 0 Å². The van der Waals surface area contributed by atoms with Gasteiger partial charge < -0.3 is 20.7 Å². The third-order valence-electron chi connectivity index (χ3n) is 5.59. The number of hydrogen-bond acceptors (Lipinski definition) is 3. The zero-order chi connectivity index (χ0) is 20.1. The lowest BCUT2D eigenvalue weighted by Crippen LogP contribution is -2.37. The minimum absolute atomic E-state index is 0.110. The lowest BCUT2D eigenvalue weighted by atomic mass is 9.99. The van der Waals surface area contributed by atoms with Crippen molar-refractivity contribution in [1.82, 2.24) is 10.2 Å². The molecule has 2 heterocycles. The van der Waals surface area contributed by atoms with E-state index in [0.717, 1.165) is 30.7 Å². The molecule has 29 heavy (non-hydrogen) atoms. The number of benzene rings is 2. The van der Waals surface area contributed by atoms with E-state index in [9.17, 15) is 4.79 Å². The summed E-state index contributed by atoms with van der Waals surface area (Å²) in [6.07, 6.45) is 2.98. The predicted molar refractivity (Wildman–Crippen MR) is 114 cm³/mol. The van der Waals surface area contributed by atoms with Crippen molar-refractivity contribution < 1.29 is 9.53 Å². The van der Waals surface area contributed by atoms with Gasteiger partial charge in [0, 0.05) is 38.0 Å². The summed E-state index contributed by atoms with van der Waals surface area (Å²) in [4.78, 5) is 18.9. The van der Waals surface area contributed by atoms with Crippen LogP contribution in [0, 0.1) is 0 Å². The number of nitrogens with two attached hydrogens (primary N) is 1. The van der Waals surface area contributed by atoms with Crippen LogP contribution >= 0.6 is 0 Å². The van der Waals surface area contributed by atoms with Gasteiger partial charge >= 0.3 is 0 Å². The Kier molecular flexibility index (Phi) is 5.98. The fraction of sp³-hybridized carbons (Fsp3) is 0.391. The van der Waals surface area contributed by atoms with Crippen LogP contribution in [-0.4, -0.2) is 36.5 Å². The molecule has 0 saturated heterocycles. The number of ether oxygens (including phenoxy) is 1. The lowest BCUT2D eigenvalue weighted by Gasteiger charge is -2.29. The first-order chi connectivity index (χ1) is 14.2. The summed E-state index contributed by atoms with van der Waals surface area (Å²) in [5.41, 5.74) is 9.80. The highest BCUT2D eigenvalue weighted by Gasteiger charge is 2.22. The molecule has 2 aromatic carbocycles. The van der Waals surface area contributed by atoms with Gasteiger partial charge in [-0.3, -0.25) is 9.79 Å². The second-order valence-corrected chi connectivity index (χ2v) is 7.58. The summed E-state index contributed by atoms with van der Waals surface area (Å²) >= 11 is 0. The van der Waals surface area contributed by atoms with Crippen molar-refractivity contribution in [2.45, 2.75) is 38.3 Å². The summed E-state index contributed by atoms with van der Waals surface area (Å²) < 4.78 is 5.68. The number of guanidine groups is 1. The molecular weight excluding hydrogens is 364 g/mol. The topological polar surface area (TPSA) is 80.0 Å². The lowest BCUT2D eigenvalue weighted by molar-refractivity contribution is -0.132. The largest absolute Gasteiger partial charge is 0.493 e. The number of nitrogens with zero attached hydrogens (tertiary/aromatic N) is 2. The van der Waals surface area contributed by atoms with Gasteiger partial charge in [-0.1, -0.05) is 42.5 Å². The standard InChI is InChI=1S/C23H28N4O2/c24-23(26-20-12-15-29-21-9-4-3-8-19(20)21)25-13-5-10-22(28)27-14-11-17-6-1-2-7-18(17)16-27/h1-4,6-9,20H,5,10-16H2,(H3,24,25,26). The van der Waals surface area contributed by atoms with Gasteiger partial charge in [-0.15, -0.1) is 0 Å². The quantitative estimate of drug-likeness (QED) is 0.466. The Morgan fingerprint density at radius 3 is 2.86 bits per heavy atom. The second-order valence-electron chi connectivity index (χ2n) is 7.58. The molecule has 6 heteroatoms. The van der Waals surface area contributed by atoms with Crippen molar-refractivity contribution in [1.29, 1.82) is 0 Å². The van der Waals surface area contributed by atoms with Crippen molar-refractivity contribution in [3.05, 3.63) is 65.2 Å². The van der Waals surface area contributed by atoms with Crippen LogP contribution in [0.5, 0.6) is 5.75 Å². The first kappa shape index (κ1) is 19.3. The van der Waals surface area contributed by atoms with Crippen LogP contribution < -0.4 is 15.8 Å². The number of amides is 1. The summed E-state index contributed by atoms with van der Waals surface area (Å²) in [5.74, 6) is 1.52. The van der Waals surface area contributed by atoms with Gasteiger partial charge in [0.05, 0.1) is 12.6 Å². The van der Waals surface area contributed by atoms with Crippen LogP contribution in [0.1, 0.15) is 42.0 Å². The number of aliphatic imine (C=N–C) groups is 1. The van der Waals surface area contributed by atoms with Gasteiger partial charge in [0.25, 0.3) is 0 Å². The normalized spacial score (nSPS) is 18.4. The van der Waals surface area contributed by atoms with E-state index in [1.165, 1.54) is 11.1 Å². The molecule has 0 saturated carbocycles. The molecule has 1 amide bonds. The minimum Gasteiger partial charge on any atom is -0.493 e. The molecule has 6 nitrogen and oxygen atoms in total. The molecule has 0 radical (unpaired) electrons. The van der Waals surface area contributed by atoms with Crippen molar-refractivity contribution in [2.24, 2.45) is 10.7 Å². The third-order valence-corrected chi connectivity index (χ3v) is 5.59. The molecule has 0 aromatic heterocycles. The molecule has 1 unspecified atom stereocenters. The summed E-state index contributed by atoms with van der Waals surface area (Å²) in [7, 11) is 0. The molecule has 4 rings (SSSR count). The predicted octanol–water partition coefficient (Wildman–Crippen LogP) is 2.78. The molecule has 2 aliphatic rings. The molecule has 0 spiro atoms. The number of carbonyl (C=O) groups is 1. The maximum Gasteiger partial charge on any atom is 0.222 e. The SMILES string of the molecule is NC(=NCCCC(=O)N1CCc2ccccc2C1)NC1CCOc2ccccc21. The number of rotatable bonds is 5. The number of para-hydroxylation sites is 1. The van der Waals surface area contributed by atoms with Gasteiger partial charge in [-0.25, -0.2) is 0 Å². The van der Waals surface area contributed by atoms with E-state index in [1.54, 1.807) is 0 Å². The minimum atomic E-state index is 0.110. The Balaban J connectivity index is 1.23. The third kappa shape index (κ3) is 4.70. The van der Waals surface area contributed by atoms with Crippen LogP contribution in [0.15, 0.2) is 53.5 Å². The Bertz CT molecular complexity index is 896. The second kappa shape index (κ2) is 8.99. The molecular formula is C23H28N4O2.